The molecule has 0 saturated carbocycles. The number of benzene rings is 2. The van der Waals surface area contributed by atoms with Crippen molar-refractivity contribution in [3.05, 3.63) is 73.0 Å². The Bertz CT molecular complexity index is 813. The van der Waals surface area contributed by atoms with Crippen LogP contribution in [-0.4, -0.2) is 16.1 Å². The number of rotatable bonds is 5. The van der Waals surface area contributed by atoms with Gasteiger partial charge in [0.05, 0.1) is 27.2 Å². The van der Waals surface area contributed by atoms with Crippen LogP contribution >= 0.6 is 11.6 Å². The third-order valence-electron chi connectivity index (χ3n) is 2.74. The average molecular weight is 339 g/mol. The molecule has 0 radical (unpaired) electrons. The van der Waals surface area contributed by atoms with Gasteiger partial charge in [-0.3, -0.25) is 25.7 Å². The van der Waals surface area contributed by atoms with Gasteiger partial charge in [0, 0.05) is 11.6 Å². The molecule has 8 nitrogen and oxygen atoms in total. The summed E-state index contributed by atoms with van der Waals surface area (Å²) >= 11 is 5.81. The van der Waals surface area contributed by atoms with Crippen molar-refractivity contribution in [3.8, 4) is 0 Å². The zero-order chi connectivity index (χ0) is 17.0. The van der Waals surface area contributed by atoms with Crippen molar-refractivity contribution in [2.24, 2.45) is 5.10 Å². The lowest BCUT2D eigenvalue weighted by molar-refractivity contribution is -0.393. The maximum Gasteiger partial charge on any atom is 0.301 e. The SMILES string of the molecule is O=[N+]([O-])c1ccc(NN=Cc2ccc(F)cc2Cl)c([N+](=O)[O-])c1. The molecule has 0 fully saturated rings. The van der Waals surface area contributed by atoms with Gasteiger partial charge in [0.2, 0.25) is 0 Å². The van der Waals surface area contributed by atoms with Crippen molar-refractivity contribution < 1.29 is 14.2 Å². The zero-order valence-corrected chi connectivity index (χ0v) is 12.0. The molecule has 0 unspecified atom stereocenters. The molecule has 0 aliphatic carbocycles. The highest BCUT2D eigenvalue weighted by molar-refractivity contribution is 6.33. The number of hydrogen-bond donors (Lipinski definition) is 1. The van der Waals surface area contributed by atoms with Gasteiger partial charge in [-0.15, -0.1) is 0 Å². The van der Waals surface area contributed by atoms with E-state index in [2.05, 4.69) is 10.5 Å². The smallest absolute Gasteiger partial charge is 0.272 e. The van der Waals surface area contributed by atoms with E-state index in [0.717, 1.165) is 18.2 Å². The first kappa shape index (κ1) is 16.3. The van der Waals surface area contributed by atoms with Gasteiger partial charge in [0.1, 0.15) is 11.5 Å². The van der Waals surface area contributed by atoms with Crippen molar-refractivity contribution in [1.82, 2.24) is 0 Å². The molecule has 1 N–H and O–H groups in total. The Morgan fingerprint density at radius 1 is 1.13 bits per heavy atom. The van der Waals surface area contributed by atoms with Gasteiger partial charge in [-0.2, -0.15) is 5.10 Å². The van der Waals surface area contributed by atoms with E-state index in [1.54, 1.807) is 0 Å². The quantitative estimate of drug-likeness (QED) is 0.507. The molecule has 0 saturated heterocycles. The van der Waals surface area contributed by atoms with Crippen LogP contribution in [0.4, 0.5) is 21.5 Å². The van der Waals surface area contributed by atoms with Gasteiger partial charge in [0.25, 0.3) is 5.69 Å². The van der Waals surface area contributed by atoms with Crippen LogP contribution in [0.25, 0.3) is 0 Å². The molecule has 0 bridgehead atoms. The Morgan fingerprint density at radius 3 is 2.48 bits per heavy atom. The fourth-order valence-corrected chi connectivity index (χ4v) is 1.87. The topological polar surface area (TPSA) is 111 Å². The summed E-state index contributed by atoms with van der Waals surface area (Å²) in [5.74, 6) is -0.508. The summed E-state index contributed by atoms with van der Waals surface area (Å²) < 4.78 is 12.9. The minimum atomic E-state index is -0.768. The number of halogens is 2. The number of nitrogens with one attached hydrogen (secondary N) is 1. The van der Waals surface area contributed by atoms with Gasteiger partial charge < -0.3 is 0 Å². The van der Waals surface area contributed by atoms with Gasteiger partial charge in [0.15, 0.2) is 0 Å². The molecule has 2 rings (SSSR count). The number of nitro groups is 2. The summed E-state index contributed by atoms with van der Waals surface area (Å²) in [4.78, 5) is 20.1. The molecule has 0 heterocycles. The molecule has 118 valence electrons. The standard InChI is InChI=1S/C13H8ClFN4O4/c14-11-5-9(15)2-1-8(11)7-16-17-12-4-3-10(18(20)21)6-13(12)19(22)23/h1-7,17H. The normalized spacial score (nSPS) is 10.7. The second-order valence-electron chi connectivity index (χ2n) is 4.25. The first-order chi connectivity index (χ1) is 10.9. The number of nitro benzene ring substituents is 2. The first-order valence-corrected chi connectivity index (χ1v) is 6.43. The molecule has 0 amide bonds. The Morgan fingerprint density at radius 2 is 1.87 bits per heavy atom. The number of hydrogen-bond acceptors (Lipinski definition) is 6. The molecule has 0 aromatic heterocycles. The molecule has 0 spiro atoms. The third-order valence-corrected chi connectivity index (χ3v) is 3.07. The highest BCUT2D eigenvalue weighted by Gasteiger charge is 2.19. The van der Waals surface area contributed by atoms with E-state index in [1.807, 2.05) is 0 Å². The molecular formula is C13H8ClFN4O4. The molecule has 2 aromatic rings. The lowest BCUT2D eigenvalue weighted by Crippen LogP contribution is -1.99. The van der Waals surface area contributed by atoms with Crippen LogP contribution < -0.4 is 5.43 Å². The summed E-state index contributed by atoms with van der Waals surface area (Å²) in [6, 6.07) is 6.75. The monoisotopic (exact) mass is 338 g/mol. The third kappa shape index (κ3) is 3.98. The lowest BCUT2D eigenvalue weighted by Gasteiger charge is -2.02. The van der Waals surface area contributed by atoms with Crippen molar-refractivity contribution >= 4 is 34.9 Å². The molecule has 0 aliphatic rings. The first-order valence-electron chi connectivity index (χ1n) is 6.05. The maximum atomic E-state index is 12.9. The van der Waals surface area contributed by atoms with Crippen LogP contribution in [0.15, 0.2) is 41.5 Å². The van der Waals surface area contributed by atoms with Crippen LogP contribution in [0.2, 0.25) is 5.02 Å². The Kier molecular flexibility index (Phi) is 4.82. The predicted octanol–water partition coefficient (Wildman–Crippen LogP) is 3.74. The van der Waals surface area contributed by atoms with Crippen molar-refractivity contribution in [1.29, 1.82) is 0 Å². The van der Waals surface area contributed by atoms with Crippen molar-refractivity contribution in [2.45, 2.75) is 0 Å². The van der Waals surface area contributed by atoms with Crippen LogP contribution in [-0.2, 0) is 0 Å². The van der Waals surface area contributed by atoms with Crippen LogP contribution in [0.1, 0.15) is 5.56 Å². The fraction of sp³-hybridized carbons (Fsp3) is 0. The molecule has 23 heavy (non-hydrogen) atoms. The Balaban J connectivity index is 2.24. The van der Waals surface area contributed by atoms with Crippen LogP contribution in [0, 0.1) is 26.0 Å². The van der Waals surface area contributed by atoms with Gasteiger partial charge in [-0.05, 0) is 24.3 Å². The van der Waals surface area contributed by atoms with Crippen LogP contribution in [0.5, 0.6) is 0 Å². The zero-order valence-electron chi connectivity index (χ0n) is 11.3. The van der Waals surface area contributed by atoms with E-state index in [4.69, 9.17) is 11.6 Å². The van der Waals surface area contributed by atoms with E-state index in [9.17, 15) is 24.6 Å². The van der Waals surface area contributed by atoms with E-state index in [0.29, 0.717) is 5.56 Å². The van der Waals surface area contributed by atoms with E-state index in [1.165, 1.54) is 24.4 Å². The molecule has 0 atom stereocenters. The summed E-state index contributed by atoms with van der Waals surface area (Å²) in [6.45, 7) is 0. The molecule has 2 aromatic carbocycles. The van der Waals surface area contributed by atoms with Gasteiger partial charge in [-0.25, -0.2) is 4.39 Å². The summed E-state index contributed by atoms with van der Waals surface area (Å²) in [5.41, 5.74) is 1.86. The summed E-state index contributed by atoms with van der Waals surface area (Å²) in [7, 11) is 0. The van der Waals surface area contributed by atoms with E-state index >= 15 is 0 Å². The molecule has 0 aliphatic heterocycles. The number of anilines is 1. The summed E-state index contributed by atoms with van der Waals surface area (Å²) in [5, 5.41) is 25.5. The predicted molar refractivity (Wildman–Crippen MR) is 82.4 cm³/mol. The minimum Gasteiger partial charge on any atom is -0.272 e. The second kappa shape index (κ2) is 6.79. The van der Waals surface area contributed by atoms with Crippen molar-refractivity contribution in [3.63, 3.8) is 0 Å². The maximum absolute atomic E-state index is 12.9. The number of nitrogens with zero attached hydrogens (tertiary/aromatic N) is 3. The number of non-ortho nitro benzene ring substituents is 1. The highest BCUT2D eigenvalue weighted by Crippen LogP contribution is 2.28. The molecular weight excluding hydrogens is 331 g/mol. The van der Waals surface area contributed by atoms with E-state index < -0.39 is 27.0 Å². The van der Waals surface area contributed by atoms with Crippen LogP contribution in [0.3, 0.4) is 0 Å². The van der Waals surface area contributed by atoms with Crippen molar-refractivity contribution in [2.75, 3.05) is 5.43 Å². The second-order valence-corrected chi connectivity index (χ2v) is 4.66. The Hall–Kier alpha value is -3.07. The molecule has 10 heteroatoms. The summed E-state index contributed by atoms with van der Waals surface area (Å²) in [6.07, 6.45) is 1.24. The fourth-order valence-electron chi connectivity index (χ4n) is 1.66. The highest BCUT2D eigenvalue weighted by atomic mass is 35.5. The number of hydrazone groups is 1. The average Bonchev–Trinajstić information content (AvgIpc) is 2.49. The Labute approximate surface area is 133 Å². The van der Waals surface area contributed by atoms with Gasteiger partial charge in [-0.1, -0.05) is 11.6 Å². The minimum absolute atomic E-state index is 0.0323. The largest absolute Gasteiger partial charge is 0.301 e. The van der Waals surface area contributed by atoms with E-state index in [-0.39, 0.29) is 10.7 Å². The lowest BCUT2D eigenvalue weighted by atomic mass is 10.2. The van der Waals surface area contributed by atoms with Gasteiger partial charge >= 0.3 is 5.69 Å².